The number of aliphatic hydroxyl groups is 1. The monoisotopic (exact) mass is 218 g/mol. The maximum atomic E-state index is 12.1. The summed E-state index contributed by atoms with van der Waals surface area (Å²) < 4.78 is 21.9. The molecule has 2 rings (SSSR count). The summed E-state index contributed by atoms with van der Waals surface area (Å²) in [7, 11) is -0.744. The molecule has 4 nitrogen and oxygen atoms in total. The summed E-state index contributed by atoms with van der Waals surface area (Å²) in [6.45, 7) is 0. The Labute approximate surface area is 83.4 Å². The largest absolute Gasteiger partial charge is 0.377 e. The highest BCUT2D eigenvalue weighted by Gasteiger charge is 2.59. The maximum absolute atomic E-state index is 12.1. The van der Waals surface area contributed by atoms with Crippen LogP contribution in [0.4, 0.5) is 0 Å². The van der Waals surface area contributed by atoms with E-state index in [9.17, 15) is 9.67 Å². The van der Waals surface area contributed by atoms with Gasteiger partial charge in [0.25, 0.3) is 0 Å². The molecular weight excluding hydrogens is 203 g/mol. The molecule has 80 valence electrons. The number of allylic oxidation sites excluding steroid dienone is 1. The van der Waals surface area contributed by atoms with Crippen molar-refractivity contribution >= 4 is 7.60 Å². The molecule has 0 heterocycles. The third-order valence-corrected chi connectivity index (χ3v) is 5.71. The summed E-state index contributed by atoms with van der Waals surface area (Å²) in [4.78, 5) is 0. The molecule has 1 N–H and O–H groups in total. The van der Waals surface area contributed by atoms with E-state index in [-0.39, 0.29) is 5.92 Å². The Hall–Kier alpha value is -0.150. The Balaban J connectivity index is 2.33. The third kappa shape index (κ3) is 1.15. The molecule has 0 aromatic heterocycles. The Morgan fingerprint density at radius 2 is 2.07 bits per heavy atom. The minimum atomic E-state index is -3.38. The van der Waals surface area contributed by atoms with E-state index < -0.39 is 12.9 Å². The normalized spacial score (nSPS) is 40.8. The second kappa shape index (κ2) is 3.17. The number of hydrogen-bond acceptors (Lipinski definition) is 4. The van der Waals surface area contributed by atoms with Crippen LogP contribution in [0.2, 0.25) is 0 Å². The van der Waals surface area contributed by atoms with Crippen molar-refractivity contribution in [3.8, 4) is 0 Å². The van der Waals surface area contributed by atoms with Crippen molar-refractivity contribution in [3.05, 3.63) is 12.2 Å². The van der Waals surface area contributed by atoms with Crippen molar-refractivity contribution in [2.45, 2.75) is 18.2 Å². The minimum absolute atomic E-state index is 0.0850. The molecule has 2 bridgehead atoms. The fourth-order valence-corrected chi connectivity index (χ4v) is 4.35. The molecule has 0 spiro atoms. The number of fused-ring (bicyclic) bond motifs is 2. The first-order chi connectivity index (χ1) is 6.55. The van der Waals surface area contributed by atoms with Crippen molar-refractivity contribution in [1.82, 2.24) is 0 Å². The number of rotatable bonds is 3. The Morgan fingerprint density at radius 3 is 2.43 bits per heavy atom. The van der Waals surface area contributed by atoms with Gasteiger partial charge in [0.2, 0.25) is 0 Å². The molecule has 0 aromatic rings. The summed E-state index contributed by atoms with van der Waals surface area (Å²) in [5.41, 5.74) is 0. The fraction of sp³-hybridized carbons (Fsp3) is 0.778. The summed E-state index contributed by atoms with van der Waals surface area (Å²) in [5, 5.41) is 9.03. The molecule has 2 aliphatic rings. The van der Waals surface area contributed by atoms with Gasteiger partial charge in [-0.3, -0.25) is 4.57 Å². The maximum Gasteiger partial charge on any atom is 0.362 e. The molecule has 0 aromatic carbocycles. The third-order valence-electron chi connectivity index (χ3n) is 3.28. The van der Waals surface area contributed by atoms with Crippen LogP contribution in [0, 0.1) is 11.8 Å². The van der Waals surface area contributed by atoms with E-state index in [1.807, 2.05) is 6.08 Å². The molecule has 2 aliphatic carbocycles. The lowest BCUT2D eigenvalue weighted by Crippen LogP contribution is -2.34. The first-order valence-electron chi connectivity index (χ1n) is 4.68. The van der Waals surface area contributed by atoms with E-state index in [1.165, 1.54) is 14.2 Å². The van der Waals surface area contributed by atoms with Gasteiger partial charge in [-0.05, 0) is 18.8 Å². The predicted octanol–water partition coefficient (Wildman–Crippen LogP) is 1.76. The van der Waals surface area contributed by atoms with Gasteiger partial charge >= 0.3 is 7.60 Å². The molecule has 5 heteroatoms. The van der Waals surface area contributed by atoms with Crippen molar-refractivity contribution in [1.29, 1.82) is 0 Å². The zero-order chi connectivity index (χ0) is 10.4. The smallest absolute Gasteiger partial charge is 0.362 e. The second-order valence-corrected chi connectivity index (χ2v) is 6.43. The van der Waals surface area contributed by atoms with Crippen LogP contribution in [0.5, 0.6) is 0 Å². The highest BCUT2D eigenvalue weighted by molar-refractivity contribution is 7.55. The van der Waals surface area contributed by atoms with E-state index in [2.05, 4.69) is 6.08 Å². The molecule has 0 aliphatic heterocycles. The zero-order valence-corrected chi connectivity index (χ0v) is 9.24. The molecule has 0 radical (unpaired) electrons. The SMILES string of the molecule is COP(=O)(OC)C1(O)CC2C=CC1C2. The lowest BCUT2D eigenvalue weighted by Gasteiger charge is -2.34. The van der Waals surface area contributed by atoms with Gasteiger partial charge < -0.3 is 14.2 Å². The summed E-state index contributed by atoms with van der Waals surface area (Å²) in [6, 6.07) is 0. The van der Waals surface area contributed by atoms with Gasteiger partial charge in [0.05, 0.1) is 0 Å². The van der Waals surface area contributed by atoms with Gasteiger partial charge in [-0.2, -0.15) is 0 Å². The molecule has 0 saturated heterocycles. The van der Waals surface area contributed by atoms with Gasteiger partial charge in [-0.1, -0.05) is 12.2 Å². The van der Waals surface area contributed by atoms with Crippen LogP contribution in [-0.2, 0) is 13.6 Å². The molecule has 0 amide bonds. The van der Waals surface area contributed by atoms with Gasteiger partial charge in [-0.15, -0.1) is 0 Å². The molecule has 3 unspecified atom stereocenters. The minimum Gasteiger partial charge on any atom is -0.377 e. The topological polar surface area (TPSA) is 55.8 Å². The van der Waals surface area contributed by atoms with Gasteiger partial charge in [0.1, 0.15) is 0 Å². The van der Waals surface area contributed by atoms with Crippen molar-refractivity contribution in [2.75, 3.05) is 14.2 Å². The zero-order valence-electron chi connectivity index (χ0n) is 8.34. The van der Waals surface area contributed by atoms with Crippen LogP contribution < -0.4 is 0 Å². The van der Waals surface area contributed by atoms with Crippen LogP contribution in [0.15, 0.2) is 12.2 Å². The Kier molecular flexibility index (Phi) is 2.35. The molecule has 1 fully saturated rings. The van der Waals surface area contributed by atoms with Gasteiger partial charge in [0, 0.05) is 20.1 Å². The quantitative estimate of drug-likeness (QED) is 0.579. The highest BCUT2D eigenvalue weighted by atomic mass is 31.2. The van der Waals surface area contributed by atoms with Crippen LogP contribution >= 0.6 is 7.60 Å². The average molecular weight is 218 g/mol. The van der Waals surface area contributed by atoms with E-state index >= 15 is 0 Å². The Bertz CT molecular complexity index is 306. The van der Waals surface area contributed by atoms with Crippen LogP contribution in [0.3, 0.4) is 0 Å². The van der Waals surface area contributed by atoms with E-state index in [4.69, 9.17) is 9.05 Å². The lowest BCUT2D eigenvalue weighted by atomic mass is 10.0. The highest BCUT2D eigenvalue weighted by Crippen LogP contribution is 2.68. The summed E-state index contributed by atoms with van der Waals surface area (Å²) >= 11 is 0. The second-order valence-electron chi connectivity index (χ2n) is 3.93. The molecule has 3 atom stereocenters. The standard InChI is InChI=1S/C9H15O4P/c1-12-14(11,13-2)9(10)6-7-3-4-8(9)5-7/h3-4,7-8,10H,5-6H2,1-2H3. The van der Waals surface area contributed by atoms with Gasteiger partial charge in [0.15, 0.2) is 5.34 Å². The summed E-state index contributed by atoms with van der Waals surface area (Å²) in [5.74, 6) is 0.238. The van der Waals surface area contributed by atoms with Crippen molar-refractivity contribution in [3.63, 3.8) is 0 Å². The average Bonchev–Trinajstić information content (AvgIpc) is 2.76. The van der Waals surface area contributed by atoms with E-state index in [1.54, 1.807) is 0 Å². The van der Waals surface area contributed by atoms with Gasteiger partial charge in [-0.25, -0.2) is 0 Å². The van der Waals surface area contributed by atoms with Crippen molar-refractivity contribution < 1.29 is 18.7 Å². The lowest BCUT2D eigenvalue weighted by molar-refractivity contribution is 0.0568. The molecule has 1 saturated carbocycles. The molecule has 14 heavy (non-hydrogen) atoms. The Morgan fingerprint density at radius 1 is 1.43 bits per heavy atom. The number of hydrogen-bond donors (Lipinski definition) is 1. The van der Waals surface area contributed by atoms with Crippen molar-refractivity contribution in [2.24, 2.45) is 11.8 Å². The van der Waals surface area contributed by atoms with E-state index in [0.29, 0.717) is 12.3 Å². The first-order valence-corrected chi connectivity index (χ1v) is 6.22. The fourth-order valence-electron chi connectivity index (χ4n) is 2.51. The first kappa shape index (κ1) is 10.4. The molecular formula is C9H15O4P. The summed E-state index contributed by atoms with van der Waals surface area (Å²) in [6.07, 6.45) is 5.31. The van der Waals surface area contributed by atoms with Crippen LogP contribution in [0.25, 0.3) is 0 Å². The van der Waals surface area contributed by atoms with Crippen LogP contribution in [-0.4, -0.2) is 24.7 Å². The van der Waals surface area contributed by atoms with Crippen LogP contribution in [0.1, 0.15) is 12.8 Å². The predicted molar refractivity (Wildman–Crippen MR) is 51.9 cm³/mol. The van der Waals surface area contributed by atoms with E-state index in [0.717, 1.165) is 6.42 Å².